The van der Waals surface area contributed by atoms with E-state index in [1.165, 1.54) is 0 Å². The SMILES string of the molecule is C[N+](C)(C)CCOC(=N)CO. The summed E-state index contributed by atoms with van der Waals surface area (Å²) in [6.07, 6.45) is 0. The lowest BCUT2D eigenvalue weighted by atomic mass is 10.5. The first kappa shape index (κ1) is 10.4. The van der Waals surface area contributed by atoms with E-state index in [1.54, 1.807) is 0 Å². The molecule has 11 heavy (non-hydrogen) atoms. The molecule has 0 spiro atoms. The van der Waals surface area contributed by atoms with E-state index in [2.05, 4.69) is 0 Å². The van der Waals surface area contributed by atoms with Crippen LogP contribution in [0.4, 0.5) is 0 Å². The van der Waals surface area contributed by atoms with Crippen LogP contribution in [0.1, 0.15) is 0 Å². The smallest absolute Gasteiger partial charge is 0.207 e. The predicted octanol–water partition coefficient (Wildman–Crippen LogP) is -0.321. The summed E-state index contributed by atoms with van der Waals surface area (Å²) in [6, 6.07) is 0. The third kappa shape index (κ3) is 7.29. The van der Waals surface area contributed by atoms with Gasteiger partial charge in [-0.2, -0.15) is 0 Å². The third-order valence-corrected chi connectivity index (χ3v) is 1.18. The number of quaternary nitrogens is 1. The van der Waals surface area contributed by atoms with Gasteiger partial charge in [0.1, 0.15) is 19.8 Å². The first-order valence-corrected chi connectivity index (χ1v) is 3.57. The van der Waals surface area contributed by atoms with Crippen molar-refractivity contribution >= 4 is 5.90 Å². The average Bonchev–Trinajstić information content (AvgIpc) is 1.85. The van der Waals surface area contributed by atoms with Crippen molar-refractivity contribution < 1.29 is 14.3 Å². The molecule has 0 aliphatic heterocycles. The maximum atomic E-state index is 8.41. The van der Waals surface area contributed by atoms with Gasteiger partial charge in [-0.05, 0) is 0 Å². The number of aliphatic hydroxyl groups is 1. The molecule has 0 aliphatic rings. The highest BCUT2D eigenvalue weighted by molar-refractivity contribution is 5.73. The Morgan fingerprint density at radius 1 is 1.45 bits per heavy atom. The molecule has 0 fully saturated rings. The van der Waals surface area contributed by atoms with Crippen molar-refractivity contribution in [1.29, 1.82) is 5.41 Å². The second-order valence-corrected chi connectivity index (χ2v) is 3.44. The molecule has 4 heteroatoms. The lowest BCUT2D eigenvalue weighted by Crippen LogP contribution is -2.38. The highest BCUT2D eigenvalue weighted by atomic mass is 16.5. The quantitative estimate of drug-likeness (QED) is 0.337. The first-order chi connectivity index (χ1) is 4.95. The van der Waals surface area contributed by atoms with Crippen LogP contribution in [-0.4, -0.2) is 56.4 Å². The minimum atomic E-state index is -0.308. The Morgan fingerprint density at radius 3 is 2.36 bits per heavy atom. The maximum absolute atomic E-state index is 8.41. The monoisotopic (exact) mass is 161 g/mol. The lowest BCUT2D eigenvalue weighted by Gasteiger charge is -2.23. The number of rotatable bonds is 4. The largest absolute Gasteiger partial charge is 0.473 e. The Balaban J connectivity index is 3.35. The number of aliphatic hydroxyl groups excluding tert-OH is 1. The van der Waals surface area contributed by atoms with Crippen LogP contribution in [0.25, 0.3) is 0 Å². The highest BCUT2D eigenvalue weighted by Crippen LogP contribution is 1.89. The van der Waals surface area contributed by atoms with Gasteiger partial charge in [-0.15, -0.1) is 0 Å². The van der Waals surface area contributed by atoms with Crippen LogP contribution in [0.5, 0.6) is 0 Å². The Bertz CT molecular complexity index is 129. The zero-order chi connectivity index (χ0) is 8.91. The molecule has 0 rings (SSSR count). The predicted molar refractivity (Wildman–Crippen MR) is 43.7 cm³/mol. The van der Waals surface area contributed by atoms with Gasteiger partial charge in [-0.3, -0.25) is 5.41 Å². The Kier molecular flexibility index (Phi) is 4.07. The lowest BCUT2D eigenvalue weighted by molar-refractivity contribution is -0.870. The minimum Gasteiger partial charge on any atom is -0.473 e. The zero-order valence-corrected chi connectivity index (χ0v) is 7.42. The number of likely N-dealkylation sites (N-methyl/N-ethyl adjacent to an activating group) is 1. The number of nitrogens with zero attached hydrogens (tertiary/aromatic N) is 1. The molecule has 0 aromatic heterocycles. The molecular formula is C7H17N2O2+. The van der Waals surface area contributed by atoms with Crippen molar-refractivity contribution in [2.24, 2.45) is 0 Å². The summed E-state index contributed by atoms with van der Waals surface area (Å²) in [7, 11) is 6.14. The van der Waals surface area contributed by atoms with E-state index in [0.29, 0.717) is 6.61 Å². The second-order valence-electron chi connectivity index (χ2n) is 3.44. The van der Waals surface area contributed by atoms with Gasteiger partial charge < -0.3 is 14.3 Å². The fraction of sp³-hybridized carbons (Fsp3) is 0.857. The fourth-order valence-corrected chi connectivity index (χ4v) is 0.488. The molecule has 0 unspecified atom stereocenters. The molecule has 66 valence electrons. The molecule has 0 aromatic carbocycles. The van der Waals surface area contributed by atoms with Crippen LogP contribution in [0.15, 0.2) is 0 Å². The van der Waals surface area contributed by atoms with Crippen molar-refractivity contribution in [3.63, 3.8) is 0 Å². The summed E-state index contributed by atoms with van der Waals surface area (Å²) < 4.78 is 5.69. The molecular weight excluding hydrogens is 144 g/mol. The summed E-state index contributed by atoms with van der Waals surface area (Å²) in [4.78, 5) is 0. The molecule has 0 amide bonds. The van der Waals surface area contributed by atoms with Crippen LogP contribution in [0, 0.1) is 5.41 Å². The van der Waals surface area contributed by atoms with Crippen molar-refractivity contribution in [2.45, 2.75) is 0 Å². The zero-order valence-electron chi connectivity index (χ0n) is 7.42. The van der Waals surface area contributed by atoms with Gasteiger partial charge in [0.05, 0.1) is 21.1 Å². The molecule has 0 saturated carbocycles. The summed E-state index contributed by atoms with van der Waals surface area (Å²) in [5.74, 6) is -0.0570. The highest BCUT2D eigenvalue weighted by Gasteiger charge is 2.06. The van der Waals surface area contributed by atoms with Gasteiger partial charge in [0.25, 0.3) is 0 Å². The van der Waals surface area contributed by atoms with E-state index in [-0.39, 0.29) is 12.5 Å². The van der Waals surface area contributed by atoms with E-state index in [9.17, 15) is 0 Å². The molecule has 0 heterocycles. The molecule has 0 radical (unpaired) electrons. The maximum Gasteiger partial charge on any atom is 0.207 e. The van der Waals surface area contributed by atoms with Gasteiger partial charge >= 0.3 is 0 Å². The van der Waals surface area contributed by atoms with Crippen LogP contribution in [0.3, 0.4) is 0 Å². The average molecular weight is 161 g/mol. The van der Waals surface area contributed by atoms with Crippen molar-refractivity contribution in [3.05, 3.63) is 0 Å². The van der Waals surface area contributed by atoms with Crippen LogP contribution < -0.4 is 0 Å². The summed E-state index contributed by atoms with van der Waals surface area (Å²) in [5, 5.41) is 15.4. The Morgan fingerprint density at radius 2 is 2.00 bits per heavy atom. The molecule has 0 aromatic rings. The minimum absolute atomic E-state index is 0.0570. The standard InChI is InChI=1S/C7H17N2O2/c1-9(2,3)4-5-11-7(8)6-10/h8,10H,4-6H2,1-3H3/q+1. The number of hydrogen-bond donors (Lipinski definition) is 2. The molecule has 2 N–H and O–H groups in total. The van der Waals surface area contributed by atoms with Crippen molar-refractivity contribution in [1.82, 2.24) is 0 Å². The number of hydrogen-bond acceptors (Lipinski definition) is 3. The number of ether oxygens (including phenoxy) is 1. The summed E-state index contributed by atoms with van der Waals surface area (Å²) >= 11 is 0. The van der Waals surface area contributed by atoms with Crippen LogP contribution >= 0.6 is 0 Å². The molecule has 0 aliphatic carbocycles. The van der Waals surface area contributed by atoms with Gasteiger partial charge in [0, 0.05) is 0 Å². The second kappa shape index (κ2) is 4.31. The van der Waals surface area contributed by atoms with E-state index in [0.717, 1.165) is 11.0 Å². The van der Waals surface area contributed by atoms with Gasteiger partial charge in [-0.25, -0.2) is 0 Å². The van der Waals surface area contributed by atoms with Gasteiger partial charge in [0.2, 0.25) is 5.90 Å². The third-order valence-electron chi connectivity index (χ3n) is 1.18. The van der Waals surface area contributed by atoms with Gasteiger partial charge in [-0.1, -0.05) is 0 Å². The van der Waals surface area contributed by atoms with E-state index < -0.39 is 0 Å². The topological polar surface area (TPSA) is 53.3 Å². The summed E-state index contributed by atoms with van der Waals surface area (Å²) in [6.45, 7) is 1.02. The van der Waals surface area contributed by atoms with Crippen molar-refractivity contribution in [2.75, 3.05) is 40.9 Å². The van der Waals surface area contributed by atoms with Crippen LogP contribution in [0.2, 0.25) is 0 Å². The first-order valence-electron chi connectivity index (χ1n) is 3.57. The Hall–Kier alpha value is -0.610. The molecule has 4 nitrogen and oxygen atoms in total. The van der Waals surface area contributed by atoms with E-state index in [4.69, 9.17) is 15.3 Å². The van der Waals surface area contributed by atoms with Gasteiger partial charge in [0.15, 0.2) is 0 Å². The van der Waals surface area contributed by atoms with Crippen LogP contribution in [-0.2, 0) is 4.74 Å². The fourth-order valence-electron chi connectivity index (χ4n) is 0.488. The molecule has 0 saturated heterocycles. The Labute approximate surface area is 67.5 Å². The van der Waals surface area contributed by atoms with E-state index in [1.807, 2.05) is 21.1 Å². The number of nitrogens with one attached hydrogen (secondary N) is 1. The van der Waals surface area contributed by atoms with Crippen molar-refractivity contribution in [3.8, 4) is 0 Å². The summed E-state index contributed by atoms with van der Waals surface area (Å²) in [5.41, 5.74) is 0. The van der Waals surface area contributed by atoms with E-state index >= 15 is 0 Å². The molecule has 0 atom stereocenters. The molecule has 0 bridgehead atoms. The normalized spacial score (nSPS) is 11.3.